The van der Waals surface area contributed by atoms with Crippen LogP contribution in [0.3, 0.4) is 0 Å². The van der Waals surface area contributed by atoms with E-state index in [-0.39, 0.29) is 6.04 Å². The molecule has 0 unspecified atom stereocenters. The molecule has 0 amide bonds. The van der Waals surface area contributed by atoms with Crippen molar-refractivity contribution in [3.8, 4) is 0 Å². The van der Waals surface area contributed by atoms with Crippen molar-refractivity contribution in [2.45, 2.75) is 58.9 Å². The topological polar surface area (TPSA) is 74.2 Å². The van der Waals surface area contributed by atoms with E-state index in [4.69, 9.17) is 28.8 Å². The summed E-state index contributed by atoms with van der Waals surface area (Å²) in [7, 11) is 0. The molecule has 3 rings (SSSR count). The van der Waals surface area contributed by atoms with Crippen LogP contribution in [0, 0.1) is 20.8 Å². The van der Waals surface area contributed by atoms with Gasteiger partial charge in [-0.1, -0.05) is 43.0 Å². The highest BCUT2D eigenvalue weighted by Crippen LogP contribution is 2.25. The smallest absolute Gasteiger partial charge is 0.229 e. The van der Waals surface area contributed by atoms with Gasteiger partial charge in [-0.3, -0.25) is 5.32 Å². The van der Waals surface area contributed by atoms with Crippen LogP contribution in [-0.4, -0.2) is 27.1 Å². The number of benzene rings is 1. The molecular formula is C21H27ClN6S. The summed E-state index contributed by atoms with van der Waals surface area (Å²) in [5.41, 5.74) is 3.52. The van der Waals surface area contributed by atoms with E-state index in [0.717, 1.165) is 35.5 Å². The molecule has 1 aliphatic rings. The first kappa shape index (κ1) is 21.5. The molecule has 2 aromatic rings. The molecule has 154 valence electrons. The SMILES string of the molecule is Cc1cc(C)nc(NC(=NC2CCCCC2)NC(=S)Nc2cccc(C)c2Cl)n1. The number of rotatable bonds is 3. The number of aliphatic imine (C=N–C) groups is 1. The van der Waals surface area contributed by atoms with Gasteiger partial charge in [0.25, 0.3) is 0 Å². The maximum Gasteiger partial charge on any atom is 0.229 e. The quantitative estimate of drug-likeness (QED) is 0.355. The molecular weight excluding hydrogens is 404 g/mol. The van der Waals surface area contributed by atoms with E-state index in [0.29, 0.717) is 22.0 Å². The fourth-order valence-electron chi connectivity index (χ4n) is 3.38. The van der Waals surface area contributed by atoms with Gasteiger partial charge < -0.3 is 10.6 Å². The zero-order chi connectivity index (χ0) is 20.8. The summed E-state index contributed by atoms with van der Waals surface area (Å²) in [6.07, 6.45) is 5.81. The predicted molar refractivity (Wildman–Crippen MR) is 125 cm³/mol. The third kappa shape index (κ3) is 6.37. The van der Waals surface area contributed by atoms with Crippen molar-refractivity contribution in [3.63, 3.8) is 0 Å². The van der Waals surface area contributed by atoms with E-state index in [2.05, 4.69) is 25.9 Å². The second-order valence-electron chi connectivity index (χ2n) is 7.38. The van der Waals surface area contributed by atoms with Crippen LogP contribution in [0.25, 0.3) is 0 Å². The van der Waals surface area contributed by atoms with E-state index in [1.54, 1.807) is 0 Å². The average molecular weight is 431 g/mol. The molecule has 1 heterocycles. The molecule has 0 aliphatic heterocycles. The van der Waals surface area contributed by atoms with Crippen LogP contribution in [0.4, 0.5) is 11.6 Å². The van der Waals surface area contributed by atoms with Crippen LogP contribution in [0.15, 0.2) is 29.3 Å². The number of hydrogen-bond acceptors (Lipinski definition) is 4. The number of hydrogen-bond donors (Lipinski definition) is 3. The molecule has 0 atom stereocenters. The van der Waals surface area contributed by atoms with Crippen molar-refractivity contribution in [1.29, 1.82) is 0 Å². The summed E-state index contributed by atoms with van der Waals surface area (Å²) < 4.78 is 0. The highest BCUT2D eigenvalue weighted by molar-refractivity contribution is 7.80. The van der Waals surface area contributed by atoms with Crippen LogP contribution in [0.5, 0.6) is 0 Å². The van der Waals surface area contributed by atoms with Gasteiger partial charge in [-0.25, -0.2) is 15.0 Å². The second-order valence-corrected chi connectivity index (χ2v) is 8.17. The Labute approximate surface area is 182 Å². The van der Waals surface area contributed by atoms with Crippen molar-refractivity contribution in [1.82, 2.24) is 15.3 Å². The molecule has 1 aromatic heterocycles. The molecule has 1 aromatic carbocycles. The first-order valence-corrected chi connectivity index (χ1v) is 10.7. The largest absolute Gasteiger partial charge is 0.331 e. The van der Waals surface area contributed by atoms with Gasteiger partial charge in [-0.15, -0.1) is 0 Å². The summed E-state index contributed by atoms with van der Waals surface area (Å²) >= 11 is 11.9. The third-order valence-corrected chi connectivity index (χ3v) is 5.48. The summed E-state index contributed by atoms with van der Waals surface area (Å²) in [5.74, 6) is 1.05. The first-order chi connectivity index (χ1) is 13.9. The second kappa shape index (κ2) is 9.98. The Morgan fingerprint density at radius 2 is 1.76 bits per heavy atom. The van der Waals surface area contributed by atoms with Crippen LogP contribution in [0.1, 0.15) is 49.1 Å². The van der Waals surface area contributed by atoms with Crippen molar-refractivity contribution in [2.24, 2.45) is 4.99 Å². The number of halogens is 1. The van der Waals surface area contributed by atoms with E-state index in [1.807, 2.05) is 45.0 Å². The monoisotopic (exact) mass is 430 g/mol. The Kier molecular flexibility index (Phi) is 7.39. The molecule has 29 heavy (non-hydrogen) atoms. The van der Waals surface area contributed by atoms with Crippen LogP contribution >= 0.6 is 23.8 Å². The molecule has 1 fully saturated rings. The van der Waals surface area contributed by atoms with Crippen LogP contribution in [0.2, 0.25) is 5.02 Å². The maximum atomic E-state index is 6.38. The van der Waals surface area contributed by atoms with Crippen molar-refractivity contribution in [3.05, 3.63) is 46.2 Å². The number of nitrogens with one attached hydrogen (secondary N) is 3. The predicted octanol–water partition coefficient (Wildman–Crippen LogP) is 5.14. The fourth-order valence-corrected chi connectivity index (χ4v) is 3.76. The molecule has 1 saturated carbocycles. The lowest BCUT2D eigenvalue weighted by molar-refractivity contribution is 0.443. The number of guanidine groups is 1. The summed E-state index contributed by atoms with van der Waals surface area (Å²) in [5, 5.41) is 10.6. The Balaban J connectivity index is 1.77. The minimum atomic E-state index is 0.259. The van der Waals surface area contributed by atoms with E-state index in [9.17, 15) is 0 Å². The molecule has 8 heteroatoms. The minimum absolute atomic E-state index is 0.259. The lowest BCUT2D eigenvalue weighted by Crippen LogP contribution is -2.40. The Bertz CT molecular complexity index is 888. The van der Waals surface area contributed by atoms with E-state index < -0.39 is 0 Å². The maximum absolute atomic E-state index is 6.38. The molecule has 0 saturated heterocycles. The van der Waals surface area contributed by atoms with Crippen molar-refractivity contribution < 1.29 is 0 Å². The normalized spacial score (nSPS) is 15.1. The molecule has 6 nitrogen and oxygen atoms in total. The van der Waals surface area contributed by atoms with Crippen LogP contribution < -0.4 is 16.0 Å². The number of nitrogens with zero attached hydrogens (tertiary/aromatic N) is 3. The Hall–Kier alpha value is -2.25. The lowest BCUT2D eigenvalue weighted by atomic mass is 9.96. The average Bonchev–Trinajstić information content (AvgIpc) is 2.65. The number of aryl methyl sites for hydroxylation is 3. The van der Waals surface area contributed by atoms with Gasteiger partial charge in [0, 0.05) is 11.4 Å². The third-order valence-electron chi connectivity index (χ3n) is 4.77. The van der Waals surface area contributed by atoms with Gasteiger partial charge in [0.1, 0.15) is 0 Å². The molecule has 3 N–H and O–H groups in total. The van der Waals surface area contributed by atoms with Gasteiger partial charge in [-0.05, 0) is 63.5 Å². The van der Waals surface area contributed by atoms with Gasteiger partial charge >= 0.3 is 0 Å². The summed E-state index contributed by atoms with van der Waals surface area (Å²) in [4.78, 5) is 13.8. The molecule has 0 bridgehead atoms. The zero-order valence-electron chi connectivity index (χ0n) is 17.1. The summed E-state index contributed by atoms with van der Waals surface area (Å²) in [6.45, 7) is 5.84. The van der Waals surface area contributed by atoms with E-state index in [1.165, 1.54) is 19.3 Å². The lowest BCUT2D eigenvalue weighted by Gasteiger charge is -2.21. The Morgan fingerprint density at radius 1 is 1.07 bits per heavy atom. The molecule has 0 spiro atoms. The summed E-state index contributed by atoms with van der Waals surface area (Å²) in [6, 6.07) is 7.98. The van der Waals surface area contributed by atoms with Gasteiger partial charge in [0.05, 0.1) is 16.8 Å². The van der Waals surface area contributed by atoms with E-state index >= 15 is 0 Å². The van der Waals surface area contributed by atoms with Crippen molar-refractivity contribution in [2.75, 3.05) is 10.6 Å². The molecule has 0 radical (unpaired) electrons. The minimum Gasteiger partial charge on any atom is -0.331 e. The Morgan fingerprint density at radius 3 is 2.45 bits per heavy atom. The highest BCUT2D eigenvalue weighted by Gasteiger charge is 2.15. The van der Waals surface area contributed by atoms with Crippen LogP contribution in [-0.2, 0) is 0 Å². The first-order valence-electron chi connectivity index (χ1n) is 9.91. The van der Waals surface area contributed by atoms with Gasteiger partial charge in [-0.2, -0.15) is 0 Å². The molecule has 1 aliphatic carbocycles. The zero-order valence-corrected chi connectivity index (χ0v) is 18.6. The number of aromatic nitrogens is 2. The highest BCUT2D eigenvalue weighted by atomic mass is 35.5. The van der Waals surface area contributed by atoms with Gasteiger partial charge in [0.15, 0.2) is 5.11 Å². The standard InChI is InChI=1S/C21H27ClN6S/c1-13-8-7-11-17(18(13)22)26-21(29)28-20(25-16-9-5-4-6-10-16)27-19-23-14(2)12-15(3)24-19/h7-8,11-12,16H,4-6,9-10H2,1-3H3,(H3,23,24,25,26,27,28,29). The van der Waals surface area contributed by atoms with Crippen molar-refractivity contribution >= 4 is 46.5 Å². The number of anilines is 2. The van der Waals surface area contributed by atoms with Gasteiger partial charge in [0.2, 0.25) is 11.9 Å². The number of thiocarbonyl (C=S) groups is 1. The fraction of sp³-hybridized carbons (Fsp3) is 0.429.